The lowest BCUT2D eigenvalue weighted by Crippen LogP contribution is -2.37. The van der Waals surface area contributed by atoms with Gasteiger partial charge >= 0.3 is 0 Å². The summed E-state index contributed by atoms with van der Waals surface area (Å²) in [6.45, 7) is 3.10. The van der Waals surface area contributed by atoms with E-state index in [1.54, 1.807) is 0 Å². The zero-order valence-corrected chi connectivity index (χ0v) is 12.4. The van der Waals surface area contributed by atoms with E-state index in [-0.39, 0.29) is 5.69 Å². The van der Waals surface area contributed by atoms with E-state index in [2.05, 4.69) is 27.8 Å². The van der Waals surface area contributed by atoms with Crippen molar-refractivity contribution in [2.75, 3.05) is 11.4 Å². The Balaban J connectivity index is 2.41. The molecule has 1 unspecified atom stereocenters. The van der Waals surface area contributed by atoms with Gasteiger partial charge in [-0.3, -0.25) is 10.1 Å². The lowest BCUT2D eigenvalue weighted by atomic mass is 10.0. The second kappa shape index (κ2) is 5.45. The first kappa shape index (κ1) is 13.6. The highest BCUT2D eigenvalue weighted by Crippen LogP contribution is 2.40. The minimum atomic E-state index is -0.431. The number of halogens is 2. The predicted octanol–water partition coefficient (Wildman–Crippen LogP) is 4.39. The van der Waals surface area contributed by atoms with Crippen molar-refractivity contribution in [2.24, 2.45) is 0 Å². The van der Waals surface area contributed by atoms with E-state index >= 15 is 0 Å². The zero-order valence-electron chi connectivity index (χ0n) is 10.0. The number of nitro benzene ring substituents is 1. The second-order valence-corrected chi connectivity index (χ2v) is 5.81. The topological polar surface area (TPSA) is 46.4 Å². The smallest absolute Gasteiger partial charge is 0.272 e. The van der Waals surface area contributed by atoms with Crippen LogP contribution in [0.25, 0.3) is 0 Å². The van der Waals surface area contributed by atoms with Crippen LogP contribution in [0.3, 0.4) is 0 Å². The molecule has 0 N–H and O–H groups in total. The highest BCUT2D eigenvalue weighted by Gasteiger charge is 2.24. The summed E-state index contributed by atoms with van der Waals surface area (Å²) in [6, 6.07) is 3.35. The van der Waals surface area contributed by atoms with Gasteiger partial charge in [0.2, 0.25) is 0 Å². The van der Waals surface area contributed by atoms with Crippen LogP contribution < -0.4 is 4.90 Å². The van der Waals surface area contributed by atoms with Gasteiger partial charge in [-0.1, -0.05) is 11.6 Å². The summed E-state index contributed by atoms with van der Waals surface area (Å²) < 4.78 is 0.690. The van der Waals surface area contributed by atoms with E-state index < -0.39 is 4.92 Å². The van der Waals surface area contributed by atoms with Crippen LogP contribution in [0, 0.1) is 10.1 Å². The van der Waals surface area contributed by atoms with Gasteiger partial charge in [0.1, 0.15) is 0 Å². The van der Waals surface area contributed by atoms with Gasteiger partial charge in [0.05, 0.1) is 15.6 Å². The number of piperidine rings is 1. The molecule has 0 radical (unpaired) electrons. The molecule has 1 fully saturated rings. The van der Waals surface area contributed by atoms with Crippen molar-refractivity contribution >= 4 is 38.9 Å². The standard InChI is InChI=1S/C12H14BrClN2O2/c1-8-4-2-3-5-15(8)12-10(13)6-9(16(17)18)7-11(12)14/h6-8H,2-5H2,1H3. The maximum atomic E-state index is 10.8. The quantitative estimate of drug-likeness (QED) is 0.595. The van der Waals surface area contributed by atoms with Gasteiger partial charge in [-0.15, -0.1) is 0 Å². The van der Waals surface area contributed by atoms with Crippen molar-refractivity contribution in [2.45, 2.75) is 32.2 Å². The largest absolute Gasteiger partial charge is 0.367 e. The number of nitrogens with zero attached hydrogens (tertiary/aromatic N) is 2. The number of rotatable bonds is 2. The highest BCUT2D eigenvalue weighted by molar-refractivity contribution is 9.10. The molecule has 0 saturated carbocycles. The van der Waals surface area contributed by atoms with Crippen molar-refractivity contribution < 1.29 is 4.92 Å². The number of nitro groups is 1. The van der Waals surface area contributed by atoms with Gasteiger partial charge in [0.25, 0.3) is 5.69 Å². The third-order valence-corrected chi connectivity index (χ3v) is 4.20. The van der Waals surface area contributed by atoms with Crippen molar-refractivity contribution in [3.05, 3.63) is 31.7 Å². The first-order chi connectivity index (χ1) is 8.50. The third-order valence-electron chi connectivity index (χ3n) is 3.30. The van der Waals surface area contributed by atoms with Gasteiger partial charge in [0, 0.05) is 29.2 Å². The van der Waals surface area contributed by atoms with Gasteiger partial charge in [-0.05, 0) is 42.1 Å². The van der Waals surface area contributed by atoms with Crippen LogP contribution in [-0.4, -0.2) is 17.5 Å². The fourth-order valence-corrected chi connectivity index (χ4v) is 3.47. The van der Waals surface area contributed by atoms with E-state index in [0.29, 0.717) is 15.5 Å². The van der Waals surface area contributed by atoms with Crippen LogP contribution in [-0.2, 0) is 0 Å². The molecule has 0 spiro atoms. The lowest BCUT2D eigenvalue weighted by molar-refractivity contribution is -0.384. The Hall–Kier alpha value is -0.810. The van der Waals surface area contributed by atoms with Crippen LogP contribution >= 0.6 is 27.5 Å². The summed E-state index contributed by atoms with van der Waals surface area (Å²) >= 11 is 9.60. The minimum Gasteiger partial charge on any atom is -0.367 e. The van der Waals surface area contributed by atoms with Gasteiger partial charge < -0.3 is 4.90 Å². The molecule has 1 saturated heterocycles. The van der Waals surface area contributed by atoms with Crippen LogP contribution in [0.2, 0.25) is 5.02 Å². The van der Waals surface area contributed by atoms with Crippen molar-refractivity contribution in [1.29, 1.82) is 0 Å². The molecule has 0 bridgehead atoms. The minimum absolute atomic E-state index is 0.0142. The monoisotopic (exact) mass is 332 g/mol. The van der Waals surface area contributed by atoms with E-state index in [0.717, 1.165) is 25.1 Å². The molecule has 1 aliphatic rings. The number of non-ortho nitro benzene ring substituents is 1. The van der Waals surface area contributed by atoms with Crippen molar-refractivity contribution in [3.8, 4) is 0 Å². The van der Waals surface area contributed by atoms with Crippen LogP contribution in [0.1, 0.15) is 26.2 Å². The average molecular weight is 334 g/mol. The molecule has 0 aliphatic carbocycles. The lowest BCUT2D eigenvalue weighted by Gasteiger charge is -2.36. The number of hydrogen-bond donors (Lipinski definition) is 0. The summed E-state index contributed by atoms with van der Waals surface area (Å²) in [5.74, 6) is 0. The fraction of sp³-hybridized carbons (Fsp3) is 0.500. The highest BCUT2D eigenvalue weighted by atomic mass is 79.9. The maximum Gasteiger partial charge on any atom is 0.272 e. The van der Waals surface area contributed by atoms with Gasteiger partial charge in [-0.2, -0.15) is 0 Å². The molecule has 1 heterocycles. The Morgan fingerprint density at radius 2 is 2.22 bits per heavy atom. The molecule has 1 aromatic carbocycles. The van der Waals surface area contributed by atoms with Crippen molar-refractivity contribution in [1.82, 2.24) is 0 Å². The molecule has 0 amide bonds. The molecule has 0 aromatic heterocycles. The number of benzene rings is 1. The summed E-state index contributed by atoms with van der Waals surface area (Å²) in [7, 11) is 0. The van der Waals surface area contributed by atoms with Gasteiger partial charge in [-0.25, -0.2) is 0 Å². The molecule has 1 aliphatic heterocycles. The summed E-state index contributed by atoms with van der Waals surface area (Å²) in [6.07, 6.45) is 3.48. The Kier molecular flexibility index (Phi) is 4.12. The molecule has 4 nitrogen and oxygen atoms in total. The molecule has 6 heteroatoms. The summed E-state index contributed by atoms with van der Waals surface area (Å²) in [5, 5.41) is 11.2. The first-order valence-corrected chi connectivity index (χ1v) is 7.08. The molecular formula is C12H14BrClN2O2. The average Bonchev–Trinajstić information content (AvgIpc) is 2.30. The van der Waals surface area contributed by atoms with Gasteiger partial charge in [0.15, 0.2) is 0 Å². The second-order valence-electron chi connectivity index (χ2n) is 4.55. The first-order valence-electron chi connectivity index (χ1n) is 5.91. The Labute approximate surface area is 119 Å². The van der Waals surface area contributed by atoms with E-state index in [9.17, 15) is 10.1 Å². The molecule has 98 valence electrons. The fourth-order valence-electron chi connectivity index (χ4n) is 2.36. The molecular weight excluding hydrogens is 320 g/mol. The number of hydrogen-bond acceptors (Lipinski definition) is 3. The van der Waals surface area contributed by atoms with Crippen molar-refractivity contribution in [3.63, 3.8) is 0 Å². The molecule has 1 aromatic rings. The molecule has 18 heavy (non-hydrogen) atoms. The normalized spacial score (nSPS) is 19.9. The Morgan fingerprint density at radius 1 is 1.50 bits per heavy atom. The number of anilines is 1. The zero-order chi connectivity index (χ0) is 13.3. The van der Waals surface area contributed by atoms with E-state index in [1.165, 1.54) is 18.6 Å². The SMILES string of the molecule is CC1CCCCN1c1c(Cl)cc([N+](=O)[O-])cc1Br. The third kappa shape index (κ3) is 2.62. The Morgan fingerprint density at radius 3 is 2.78 bits per heavy atom. The summed E-state index contributed by atoms with van der Waals surface area (Å²) in [4.78, 5) is 12.6. The van der Waals surface area contributed by atoms with E-state index in [4.69, 9.17) is 11.6 Å². The van der Waals surface area contributed by atoms with Crippen LogP contribution in [0.5, 0.6) is 0 Å². The molecule has 1 atom stereocenters. The van der Waals surface area contributed by atoms with Crippen LogP contribution in [0.15, 0.2) is 16.6 Å². The van der Waals surface area contributed by atoms with E-state index in [1.807, 2.05) is 0 Å². The summed E-state index contributed by atoms with van der Waals surface area (Å²) in [5.41, 5.74) is 0.884. The van der Waals surface area contributed by atoms with Crippen LogP contribution in [0.4, 0.5) is 11.4 Å². The maximum absolute atomic E-state index is 10.8. The predicted molar refractivity (Wildman–Crippen MR) is 76.5 cm³/mol. The Bertz CT molecular complexity index is 458. The molecule has 2 rings (SSSR count).